The van der Waals surface area contributed by atoms with Crippen LogP contribution in [0.5, 0.6) is 0 Å². The second kappa shape index (κ2) is 6.05. The van der Waals surface area contributed by atoms with Crippen LogP contribution in [0.3, 0.4) is 0 Å². The largest absolute Gasteiger partial charge is 0.316 e. The third-order valence-electron chi connectivity index (χ3n) is 2.05. The van der Waals surface area contributed by atoms with E-state index in [0.717, 1.165) is 0 Å². The van der Waals surface area contributed by atoms with E-state index in [1.165, 1.54) is 0 Å². The Hall–Kier alpha value is -1.28. The van der Waals surface area contributed by atoms with Crippen molar-refractivity contribution in [1.82, 2.24) is 5.32 Å². The molecule has 0 spiro atoms. The van der Waals surface area contributed by atoms with E-state index in [4.69, 9.17) is 0 Å². The number of nitrogens with one attached hydrogen (secondary N) is 2. The highest BCUT2D eigenvalue weighted by Gasteiger charge is 2.15. The first-order chi connectivity index (χ1) is 8.35. The molecule has 0 bridgehead atoms. The van der Waals surface area contributed by atoms with Crippen molar-refractivity contribution in [2.75, 3.05) is 23.6 Å². The van der Waals surface area contributed by atoms with Crippen LogP contribution in [0.15, 0.2) is 12.1 Å². The number of hydrogen-bond acceptors (Lipinski definition) is 3. The Labute approximate surface area is 103 Å². The minimum Gasteiger partial charge on any atom is -0.316 e. The van der Waals surface area contributed by atoms with E-state index in [1.807, 2.05) is 11.6 Å². The zero-order valence-corrected chi connectivity index (χ0v) is 10.5. The molecule has 0 saturated carbocycles. The lowest BCUT2D eigenvalue weighted by Crippen LogP contribution is -2.26. The third-order valence-corrected chi connectivity index (χ3v) is 3.34. The van der Waals surface area contributed by atoms with Gasteiger partial charge in [-0.2, -0.15) is 0 Å². The van der Waals surface area contributed by atoms with Gasteiger partial charge < -0.3 is 5.32 Å². The van der Waals surface area contributed by atoms with Gasteiger partial charge in [0.05, 0.1) is 11.4 Å². The van der Waals surface area contributed by atoms with Crippen LogP contribution >= 0.6 is 0 Å². The van der Waals surface area contributed by atoms with Crippen molar-refractivity contribution in [2.24, 2.45) is 0 Å². The lowest BCUT2D eigenvalue weighted by Gasteiger charge is -2.08. The fourth-order valence-electron chi connectivity index (χ4n) is 1.23. The predicted molar refractivity (Wildman–Crippen MR) is 62.3 cm³/mol. The van der Waals surface area contributed by atoms with Gasteiger partial charge in [0.15, 0.2) is 17.5 Å². The highest BCUT2D eigenvalue weighted by atomic mass is 32.2. The molecule has 0 heterocycles. The van der Waals surface area contributed by atoms with Gasteiger partial charge in [-0.15, -0.1) is 0 Å². The molecule has 0 aliphatic rings. The summed E-state index contributed by atoms with van der Waals surface area (Å²) in [5.74, 6) is -4.77. The second-order valence-electron chi connectivity index (χ2n) is 3.53. The quantitative estimate of drug-likeness (QED) is 0.613. The first kappa shape index (κ1) is 14.8. The summed E-state index contributed by atoms with van der Waals surface area (Å²) in [6.07, 6.45) is 0. The standard InChI is InChI=1S/C10H13F3N2O2S/c1-2-14-3-4-18(16,17)15-7-5-8(11)10(13)9(12)6-7/h5-6,14-15H,2-4H2,1H3. The van der Waals surface area contributed by atoms with E-state index in [0.29, 0.717) is 18.7 Å². The van der Waals surface area contributed by atoms with Crippen LogP contribution in [0.4, 0.5) is 18.9 Å². The topological polar surface area (TPSA) is 58.2 Å². The van der Waals surface area contributed by atoms with Gasteiger partial charge in [-0.1, -0.05) is 6.92 Å². The SMILES string of the molecule is CCNCCS(=O)(=O)Nc1cc(F)c(F)c(F)c1. The molecule has 1 rings (SSSR count). The Morgan fingerprint density at radius 1 is 1.17 bits per heavy atom. The summed E-state index contributed by atoms with van der Waals surface area (Å²) in [4.78, 5) is 0. The Morgan fingerprint density at radius 2 is 1.72 bits per heavy atom. The van der Waals surface area contributed by atoms with Crippen molar-refractivity contribution in [3.63, 3.8) is 0 Å². The Morgan fingerprint density at radius 3 is 2.22 bits per heavy atom. The van der Waals surface area contributed by atoms with E-state index < -0.39 is 27.5 Å². The second-order valence-corrected chi connectivity index (χ2v) is 5.37. The maximum Gasteiger partial charge on any atom is 0.233 e. The Kier molecular flexibility index (Phi) is 4.97. The van der Waals surface area contributed by atoms with Crippen LogP contribution in [-0.4, -0.2) is 27.3 Å². The molecule has 1 aromatic rings. The van der Waals surface area contributed by atoms with Crippen molar-refractivity contribution < 1.29 is 21.6 Å². The smallest absolute Gasteiger partial charge is 0.233 e. The highest BCUT2D eigenvalue weighted by molar-refractivity contribution is 7.92. The van der Waals surface area contributed by atoms with E-state index in [-0.39, 0.29) is 18.0 Å². The normalized spacial score (nSPS) is 11.6. The summed E-state index contributed by atoms with van der Waals surface area (Å²) in [6.45, 7) is 2.62. The first-order valence-electron chi connectivity index (χ1n) is 5.21. The molecule has 0 aliphatic heterocycles. The lowest BCUT2D eigenvalue weighted by molar-refractivity contribution is 0.448. The van der Waals surface area contributed by atoms with Crippen LogP contribution in [0, 0.1) is 17.5 Å². The summed E-state index contributed by atoms with van der Waals surface area (Å²) >= 11 is 0. The zero-order valence-electron chi connectivity index (χ0n) is 9.63. The summed E-state index contributed by atoms with van der Waals surface area (Å²) < 4.78 is 63.3. The third kappa shape index (κ3) is 4.19. The lowest BCUT2D eigenvalue weighted by atomic mass is 10.3. The van der Waals surface area contributed by atoms with Crippen molar-refractivity contribution in [1.29, 1.82) is 0 Å². The van der Waals surface area contributed by atoms with Crippen LogP contribution in [0.1, 0.15) is 6.92 Å². The zero-order chi connectivity index (χ0) is 13.8. The van der Waals surface area contributed by atoms with Gasteiger partial charge in [0, 0.05) is 18.7 Å². The van der Waals surface area contributed by atoms with E-state index in [9.17, 15) is 21.6 Å². The van der Waals surface area contributed by atoms with Crippen LogP contribution in [0.2, 0.25) is 0 Å². The average molecular weight is 282 g/mol. The fraction of sp³-hybridized carbons (Fsp3) is 0.400. The van der Waals surface area contributed by atoms with Gasteiger partial charge in [0.1, 0.15) is 0 Å². The van der Waals surface area contributed by atoms with Gasteiger partial charge in [0.2, 0.25) is 10.0 Å². The Balaban J connectivity index is 2.78. The summed E-state index contributed by atoms with van der Waals surface area (Å²) in [6, 6.07) is 1.17. The van der Waals surface area contributed by atoms with Crippen LogP contribution in [0.25, 0.3) is 0 Å². The van der Waals surface area contributed by atoms with Gasteiger partial charge in [-0.3, -0.25) is 4.72 Å². The van der Waals surface area contributed by atoms with E-state index in [1.54, 1.807) is 0 Å². The van der Waals surface area contributed by atoms with Gasteiger partial charge in [-0.25, -0.2) is 21.6 Å². The van der Waals surface area contributed by atoms with Crippen molar-refractivity contribution in [2.45, 2.75) is 6.92 Å². The van der Waals surface area contributed by atoms with Crippen molar-refractivity contribution in [3.05, 3.63) is 29.6 Å². The number of benzene rings is 1. The average Bonchev–Trinajstić information content (AvgIpc) is 2.25. The predicted octanol–water partition coefficient (Wildman–Crippen LogP) is 1.46. The number of hydrogen-bond donors (Lipinski definition) is 2. The molecule has 8 heteroatoms. The van der Waals surface area contributed by atoms with Gasteiger partial charge in [0.25, 0.3) is 0 Å². The molecule has 0 amide bonds. The molecule has 0 aliphatic carbocycles. The monoisotopic (exact) mass is 282 g/mol. The molecule has 0 saturated heterocycles. The molecule has 0 fully saturated rings. The molecule has 18 heavy (non-hydrogen) atoms. The van der Waals surface area contributed by atoms with E-state index in [2.05, 4.69) is 5.32 Å². The van der Waals surface area contributed by atoms with Gasteiger partial charge in [-0.05, 0) is 6.54 Å². The molecule has 4 nitrogen and oxygen atoms in total. The van der Waals surface area contributed by atoms with E-state index >= 15 is 0 Å². The summed E-state index contributed by atoms with van der Waals surface area (Å²) in [5.41, 5.74) is -0.345. The minimum absolute atomic E-state index is 0.206. The molecule has 102 valence electrons. The number of halogens is 3. The number of anilines is 1. The molecule has 0 unspecified atom stereocenters. The maximum atomic E-state index is 12.9. The van der Waals surface area contributed by atoms with Gasteiger partial charge >= 0.3 is 0 Å². The minimum atomic E-state index is -3.72. The van der Waals surface area contributed by atoms with Crippen molar-refractivity contribution >= 4 is 15.7 Å². The molecule has 1 aromatic carbocycles. The Bertz CT molecular complexity index is 497. The molecule has 0 radical (unpaired) electrons. The van der Waals surface area contributed by atoms with Crippen molar-refractivity contribution in [3.8, 4) is 0 Å². The number of rotatable bonds is 6. The highest BCUT2D eigenvalue weighted by Crippen LogP contribution is 2.18. The summed E-state index contributed by atoms with van der Waals surface area (Å²) in [5, 5.41) is 2.79. The molecule has 0 atom stereocenters. The molecule has 2 N–H and O–H groups in total. The van der Waals surface area contributed by atoms with Crippen LogP contribution < -0.4 is 10.0 Å². The van der Waals surface area contributed by atoms with Crippen LogP contribution in [-0.2, 0) is 10.0 Å². The molecular formula is C10H13F3N2O2S. The molecular weight excluding hydrogens is 269 g/mol. The molecule has 0 aromatic heterocycles. The number of sulfonamides is 1. The maximum absolute atomic E-state index is 12.9. The first-order valence-corrected chi connectivity index (χ1v) is 6.86. The fourth-order valence-corrected chi connectivity index (χ4v) is 2.22. The summed E-state index contributed by atoms with van der Waals surface area (Å²) in [7, 11) is -3.72.